The first kappa shape index (κ1) is 19.5. The van der Waals surface area contributed by atoms with Gasteiger partial charge in [-0.15, -0.1) is 0 Å². The van der Waals surface area contributed by atoms with Crippen molar-refractivity contribution in [1.29, 1.82) is 0 Å². The summed E-state index contributed by atoms with van der Waals surface area (Å²) in [5.41, 5.74) is 2.59. The average Bonchev–Trinajstić information content (AvgIpc) is 2.90. The van der Waals surface area contributed by atoms with Crippen LogP contribution in [0.1, 0.15) is 30.5 Å². The molecule has 0 unspecified atom stereocenters. The van der Waals surface area contributed by atoms with Crippen LogP contribution in [-0.4, -0.2) is 32.3 Å². The number of rotatable bonds is 4. The second kappa shape index (κ2) is 7.80. The van der Waals surface area contributed by atoms with Crippen molar-refractivity contribution in [3.63, 3.8) is 0 Å². The SMILES string of the molecule is COc1cc2c(c(OC)c1O)-c1ccc(OC)c(=O)cc1[C@H](NC(C)=O)CC2. The van der Waals surface area contributed by atoms with Crippen LogP contribution in [0.5, 0.6) is 23.0 Å². The molecule has 0 radical (unpaired) electrons. The molecule has 2 N–H and O–H groups in total. The zero-order chi connectivity index (χ0) is 20.4. The van der Waals surface area contributed by atoms with E-state index in [0.29, 0.717) is 35.3 Å². The average molecular weight is 385 g/mol. The van der Waals surface area contributed by atoms with Gasteiger partial charge in [-0.25, -0.2) is 0 Å². The Kier molecular flexibility index (Phi) is 5.44. The molecular weight excluding hydrogens is 362 g/mol. The summed E-state index contributed by atoms with van der Waals surface area (Å²) in [6.45, 7) is 1.44. The maximum absolute atomic E-state index is 12.6. The lowest BCUT2D eigenvalue weighted by Gasteiger charge is -2.18. The molecule has 0 aromatic heterocycles. The van der Waals surface area contributed by atoms with Gasteiger partial charge in [0.15, 0.2) is 17.2 Å². The fourth-order valence-electron chi connectivity index (χ4n) is 3.68. The maximum Gasteiger partial charge on any atom is 0.220 e. The summed E-state index contributed by atoms with van der Waals surface area (Å²) < 4.78 is 16.0. The third-order valence-electron chi connectivity index (χ3n) is 4.91. The van der Waals surface area contributed by atoms with Gasteiger partial charge in [0, 0.05) is 12.5 Å². The molecule has 3 rings (SSSR count). The number of aryl methyl sites for hydroxylation is 1. The van der Waals surface area contributed by atoms with Gasteiger partial charge in [0.05, 0.1) is 27.4 Å². The van der Waals surface area contributed by atoms with E-state index < -0.39 is 0 Å². The fourth-order valence-corrected chi connectivity index (χ4v) is 3.68. The van der Waals surface area contributed by atoms with Crippen molar-refractivity contribution in [2.75, 3.05) is 21.3 Å². The minimum absolute atomic E-state index is 0.117. The van der Waals surface area contributed by atoms with Crippen LogP contribution in [0.15, 0.2) is 29.1 Å². The largest absolute Gasteiger partial charge is 0.502 e. The van der Waals surface area contributed by atoms with Crippen LogP contribution in [0.25, 0.3) is 11.1 Å². The highest BCUT2D eigenvalue weighted by Gasteiger charge is 2.28. The van der Waals surface area contributed by atoms with Crippen LogP contribution >= 0.6 is 0 Å². The van der Waals surface area contributed by atoms with Crippen molar-refractivity contribution in [3.05, 3.63) is 45.6 Å². The molecule has 1 atom stereocenters. The number of phenolic OH excluding ortho intramolecular Hbond substituents is 1. The van der Waals surface area contributed by atoms with Gasteiger partial charge >= 0.3 is 0 Å². The van der Waals surface area contributed by atoms with Crippen molar-refractivity contribution in [2.24, 2.45) is 0 Å². The number of phenols is 1. The molecule has 7 heteroatoms. The van der Waals surface area contributed by atoms with Crippen LogP contribution in [0.3, 0.4) is 0 Å². The zero-order valence-electron chi connectivity index (χ0n) is 16.3. The number of benzene rings is 1. The molecule has 28 heavy (non-hydrogen) atoms. The summed E-state index contributed by atoms with van der Waals surface area (Å²) in [6, 6.07) is 6.20. The highest BCUT2D eigenvalue weighted by atomic mass is 16.5. The summed E-state index contributed by atoms with van der Waals surface area (Å²) in [5.74, 6) is 0.441. The van der Waals surface area contributed by atoms with E-state index >= 15 is 0 Å². The van der Waals surface area contributed by atoms with Crippen molar-refractivity contribution < 1.29 is 24.1 Å². The van der Waals surface area contributed by atoms with Crippen LogP contribution < -0.4 is 25.0 Å². The standard InChI is InChI=1S/C21H23NO6/c1-11(23)22-15-7-5-12-9-18(27-3)20(25)21(28-4)19(12)13-6-8-17(26-2)16(24)10-14(13)15/h6,8-10,15,25H,5,7H2,1-4H3,(H,22,23)/t15-/m1/s1. The fraction of sp³-hybridized carbons (Fsp3) is 0.333. The molecule has 2 aromatic carbocycles. The van der Waals surface area contributed by atoms with E-state index in [1.165, 1.54) is 34.3 Å². The van der Waals surface area contributed by atoms with Crippen LogP contribution in [0.4, 0.5) is 0 Å². The molecule has 7 nitrogen and oxygen atoms in total. The number of carbonyl (C=O) groups is 1. The second-order valence-corrected chi connectivity index (χ2v) is 6.57. The first-order valence-electron chi connectivity index (χ1n) is 8.87. The minimum atomic E-state index is -0.373. The van der Waals surface area contributed by atoms with Crippen molar-refractivity contribution in [3.8, 4) is 34.1 Å². The van der Waals surface area contributed by atoms with Crippen LogP contribution in [-0.2, 0) is 11.2 Å². The van der Waals surface area contributed by atoms with Crippen molar-refractivity contribution in [2.45, 2.75) is 25.8 Å². The van der Waals surface area contributed by atoms with Crippen molar-refractivity contribution >= 4 is 5.91 Å². The van der Waals surface area contributed by atoms with Crippen LogP contribution in [0.2, 0.25) is 0 Å². The third-order valence-corrected chi connectivity index (χ3v) is 4.91. The number of amides is 1. The number of carbonyl (C=O) groups excluding carboxylic acids is 1. The Hall–Kier alpha value is -3.22. The lowest BCUT2D eigenvalue weighted by atomic mass is 9.95. The van der Waals surface area contributed by atoms with Gasteiger partial charge in [-0.3, -0.25) is 9.59 Å². The summed E-state index contributed by atoms with van der Waals surface area (Å²) in [5, 5.41) is 13.5. The smallest absolute Gasteiger partial charge is 0.220 e. The van der Waals surface area contributed by atoms with E-state index in [-0.39, 0.29) is 34.6 Å². The molecule has 1 amide bonds. The molecule has 0 saturated heterocycles. The number of fused-ring (bicyclic) bond motifs is 3. The lowest BCUT2D eigenvalue weighted by molar-refractivity contribution is -0.119. The molecule has 0 spiro atoms. The second-order valence-electron chi connectivity index (χ2n) is 6.57. The van der Waals surface area contributed by atoms with Crippen molar-refractivity contribution in [1.82, 2.24) is 5.32 Å². The summed E-state index contributed by atoms with van der Waals surface area (Å²) in [6.07, 6.45) is 1.17. The predicted molar refractivity (Wildman–Crippen MR) is 104 cm³/mol. The summed E-state index contributed by atoms with van der Waals surface area (Å²) in [4.78, 5) is 24.3. The Morgan fingerprint density at radius 2 is 1.82 bits per heavy atom. The minimum Gasteiger partial charge on any atom is -0.502 e. The van der Waals surface area contributed by atoms with E-state index in [0.717, 1.165) is 5.56 Å². The van der Waals surface area contributed by atoms with Gasteiger partial charge < -0.3 is 24.6 Å². The monoisotopic (exact) mass is 385 g/mol. The number of aromatic hydroxyl groups is 1. The number of hydrogen-bond donors (Lipinski definition) is 2. The highest BCUT2D eigenvalue weighted by Crippen LogP contribution is 2.49. The first-order valence-corrected chi connectivity index (χ1v) is 8.87. The Balaban J connectivity index is 2.40. The molecule has 0 aliphatic heterocycles. The molecule has 0 fully saturated rings. The Morgan fingerprint density at radius 3 is 2.43 bits per heavy atom. The Morgan fingerprint density at radius 1 is 1.11 bits per heavy atom. The van der Waals surface area contributed by atoms with E-state index in [9.17, 15) is 14.7 Å². The van der Waals surface area contributed by atoms with Gasteiger partial charge in [-0.05, 0) is 47.7 Å². The van der Waals surface area contributed by atoms with Gasteiger partial charge in [0.2, 0.25) is 17.1 Å². The molecule has 148 valence electrons. The molecule has 2 aromatic rings. The normalized spacial score (nSPS) is 14.9. The Labute approximate surface area is 162 Å². The molecule has 1 aliphatic rings. The number of ether oxygens (including phenoxy) is 3. The van der Waals surface area contributed by atoms with E-state index in [4.69, 9.17) is 14.2 Å². The van der Waals surface area contributed by atoms with Gasteiger partial charge in [-0.1, -0.05) is 6.07 Å². The Bertz CT molecular complexity index is 985. The van der Waals surface area contributed by atoms with Crippen LogP contribution in [0, 0.1) is 0 Å². The van der Waals surface area contributed by atoms with Gasteiger partial charge in [0.1, 0.15) is 0 Å². The van der Waals surface area contributed by atoms with E-state index in [1.807, 2.05) is 0 Å². The van der Waals surface area contributed by atoms with E-state index in [2.05, 4.69) is 5.32 Å². The first-order chi connectivity index (χ1) is 13.4. The van der Waals surface area contributed by atoms with E-state index in [1.54, 1.807) is 18.2 Å². The molecule has 0 heterocycles. The summed E-state index contributed by atoms with van der Waals surface area (Å²) in [7, 11) is 4.37. The third kappa shape index (κ3) is 3.35. The molecule has 0 bridgehead atoms. The highest BCUT2D eigenvalue weighted by molar-refractivity contribution is 5.83. The number of nitrogens with one attached hydrogen (secondary N) is 1. The van der Waals surface area contributed by atoms with Gasteiger partial charge in [0.25, 0.3) is 0 Å². The molecule has 0 saturated carbocycles. The number of methoxy groups -OCH3 is 3. The summed E-state index contributed by atoms with van der Waals surface area (Å²) >= 11 is 0. The molecule has 1 aliphatic carbocycles. The van der Waals surface area contributed by atoms with Gasteiger partial charge in [-0.2, -0.15) is 0 Å². The maximum atomic E-state index is 12.6. The number of hydrogen-bond acceptors (Lipinski definition) is 6. The predicted octanol–water partition coefficient (Wildman–Crippen LogP) is 2.57. The lowest BCUT2D eigenvalue weighted by Crippen LogP contribution is -2.26. The topological polar surface area (TPSA) is 94.1 Å². The quantitative estimate of drug-likeness (QED) is 0.840. The zero-order valence-corrected chi connectivity index (χ0v) is 16.3. The molecular formula is C21H23NO6.